The third-order valence-electron chi connectivity index (χ3n) is 4.28. The van der Waals surface area contributed by atoms with Gasteiger partial charge in [0.2, 0.25) is 0 Å². The Bertz CT molecular complexity index is 954. The third kappa shape index (κ3) is 3.69. The molecule has 0 bridgehead atoms. The summed E-state index contributed by atoms with van der Waals surface area (Å²) in [6, 6.07) is 15.1. The molecule has 4 N–H and O–H groups in total. The van der Waals surface area contributed by atoms with Gasteiger partial charge in [0.1, 0.15) is 11.6 Å². The average molecular weight is 351 g/mol. The topological polar surface area (TPSA) is 97.5 Å². The lowest BCUT2D eigenvalue weighted by molar-refractivity contribution is 0.209. The number of pyridine rings is 1. The molecule has 0 saturated carbocycles. The van der Waals surface area contributed by atoms with Gasteiger partial charge >= 0.3 is 6.09 Å². The Kier molecular flexibility index (Phi) is 4.67. The summed E-state index contributed by atoms with van der Waals surface area (Å²) < 4.78 is 6.10. The van der Waals surface area contributed by atoms with Gasteiger partial charge in [-0.1, -0.05) is 38.1 Å². The average Bonchev–Trinajstić information content (AvgIpc) is 2.61. The quantitative estimate of drug-likeness (QED) is 0.597. The van der Waals surface area contributed by atoms with Gasteiger partial charge in [-0.3, -0.25) is 5.32 Å². The molecule has 134 valence electrons. The van der Waals surface area contributed by atoms with Gasteiger partial charge in [0.05, 0.1) is 6.61 Å². The van der Waals surface area contributed by atoms with Crippen LogP contribution in [0.15, 0.2) is 54.7 Å². The van der Waals surface area contributed by atoms with Gasteiger partial charge in [-0.2, -0.15) is 0 Å². The van der Waals surface area contributed by atoms with Crippen LogP contribution in [-0.4, -0.2) is 22.8 Å². The van der Waals surface area contributed by atoms with E-state index in [9.17, 15) is 4.79 Å². The number of hydrogen-bond acceptors (Lipinski definition) is 4. The minimum absolute atomic E-state index is 0.293. The summed E-state index contributed by atoms with van der Waals surface area (Å²) in [7, 11) is 0. The lowest BCUT2D eigenvalue weighted by Crippen LogP contribution is -2.26. The zero-order valence-electron chi connectivity index (χ0n) is 14.7. The van der Waals surface area contributed by atoms with E-state index in [0.29, 0.717) is 18.1 Å². The van der Waals surface area contributed by atoms with Crippen molar-refractivity contribution in [3.8, 4) is 5.75 Å². The number of nitrogens with one attached hydrogen (secondary N) is 1. The lowest BCUT2D eigenvalue weighted by atomic mass is 9.86. The summed E-state index contributed by atoms with van der Waals surface area (Å²) in [5, 5.41) is 13.0. The number of benzene rings is 2. The van der Waals surface area contributed by atoms with Gasteiger partial charge < -0.3 is 15.6 Å². The lowest BCUT2D eigenvalue weighted by Gasteiger charge is -2.26. The van der Waals surface area contributed by atoms with Crippen LogP contribution in [0.5, 0.6) is 5.75 Å². The minimum Gasteiger partial charge on any atom is -0.492 e. The number of nitrogen functional groups attached to an aromatic ring is 1. The molecule has 0 fully saturated rings. The van der Waals surface area contributed by atoms with Gasteiger partial charge in [0, 0.05) is 28.1 Å². The zero-order valence-corrected chi connectivity index (χ0v) is 14.7. The number of rotatable bonds is 5. The maximum atomic E-state index is 10.8. The van der Waals surface area contributed by atoms with E-state index >= 15 is 0 Å². The molecule has 6 nitrogen and oxygen atoms in total. The van der Waals surface area contributed by atoms with Crippen LogP contribution >= 0.6 is 0 Å². The Morgan fingerprint density at radius 3 is 2.65 bits per heavy atom. The molecule has 2 aromatic carbocycles. The number of ether oxygens (including phenoxy) is 1. The van der Waals surface area contributed by atoms with E-state index in [4.69, 9.17) is 15.6 Å². The van der Waals surface area contributed by atoms with Crippen molar-refractivity contribution in [3.05, 3.63) is 60.3 Å². The molecule has 1 amide bonds. The normalized spacial score (nSPS) is 11.3. The molecule has 0 aliphatic carbocycles. The highest BCUT2D eigenvalue weighted by atomic mass is 16.5. The first-order chi connectivity index (χ1) is 12.4. The minimum atomic E-state index is -1.14. The van der Waals surface area contributed by atoms with Gasteiger partial charge in [0.15, 0.2) is 0 Å². The standard InChI is InChI=1S/C20H21N3O3/c1-20(2,13-9-10-22-18(11-13)23-19(24)25)12-26-17-8-7-16(21)14-5-3-4-6-15(14)17/h3-11H,12,21H2,1-2H3,(H,22,23)(H,24,25). The second-order valence-corrected chi connectivity index (χ2v) is 6.73. The largest absolute Gasteiger partial charge is 0.492 e. The molecule has 26 heavy (non-hydrogen) atoms. The molecule has 0 saturated heterocycles. The van der Waals surface area contributed by atoms with E-state index in [-0.39, 0.29) is 5.41 Å². The van der Waals surface area contributed by atoms with Gasteiger partial charge in [-0.05, 0) is 29.8 Å². The molecule has 0 unspecified atom stereocenters. The second kappa shape index (κ2) is 6.92. The van der Waals surface area contributed by atoms with E-state index in [2.05, 4.69) is 10.3 Å². The number of hydrogen-bond donors (Lipinski definition) is 3. The fourth-order valence-corrected chi connectivity index (χ4v) is 2.79. The predicted octanol–water partition coefficient (Wildman–Crippen LogP) is 4.26. The van der Waals surface area contributed by atoms with Crippen molar-refractivity contribution < 1.29 is 14.6 Å². The third-order valence-corrected chi connectivity index (χ3v) is 4.28. The van der Waals surface area contributed by atoms with Crippen LogP contribution in [0.4, 0.5) is 16.3 Å². The first-order valence-corrected chi connectivity index (χ1v) is 8.23. The van der Waals surface area contributed by atoms with Crippen molar-refractivity contribution in [1.82, 2.24) is 4.98 Å². The second-order valence-electron chi connectivity index (χ2n) is 6.73. The maximum absolute atomic E-state index is 10.8. The van der Waals surface area contributed by atoms with Gasteiger partial charge in [-0.25, -0.2) is 9.78 Å². The van der Waals surface area contributed by atoms with Crippen LogP contribution in [0.25, 0.3) is 10.8 Å². The van der Waals surface area contributed by atoms with Crippen LogP contribution < -0.4 is 15.8 Å². The summed E-state index contributed by atoms with van der Waals surface area (Å²) >= 11 is 0. The van der Waals surface area contributed by atoms with Crippen molar-refractivity contribution in [1.29, 1.82) is 0 Å². The molecular weight excluding hydrogens is 330 g/mol. The van der Waals surface area contributed by atoms with Crippen LogP contribution in [0, 0.1) is 0 Å². The number of fused-ring (bicyclic) bond motifs is 1. The Balaban J connectivity index is 1.83. The number of nitrogens with two attached hydrogens (primary N) is 1. The number of aromatic nitrogens is 1. The number of anilines is 2. The molecule has 0 radical (unpaired) electrons. The number of carbonyl (C=O) groups is 1. The van der Waals surface area contributed by atoms with Gasteiger partial charge in [0.25, 0.3) is 0 Å². The smallest absolute Gasteiger partial charge is 0.410 e. The summed E-state index contributed by atoms with van der Waals surface area (Å²) in [5.41, 5.74) is 7.33. The highest BCUT2D eigenvalue weighted by Gasteiger charge is 2.23. The fraction of sp³-hybridized carbons (Fsp3) is 0.200. The highest BCUT2D eigenvalue weighted by molar-refractivity contribution is 5.97. The Morgan fingerprint density at radius 1 is 1.19 bits per heavy atom. The SMILES string of the molecule is CC(C)(COc1ccc(N)c2ccccc12)c1ccnc(NC(=O)O)c1. The van der Waals surface area contributed by atoms with Crippen molar-refractivity contribution >= 4 is 28.4 Å². The number of nitrogens with zero attached hydrogens (tertiary/aromatic N) is 1. The number of amides is 1. The Labute approximate surface area is 151 Å². The summed E-state index contributed by atoms with van der Waals surface area (Å²) in [4.78, 5) is 14.8. The highest BCUT2D eigenvalue weighted by Crippen LogP contribution is 2.32. The molecule has 0 atom stereocenters. The van der Waals surface area contributed by atoms with Crippen molar-refractivity contribution in [3.63, 3.8) is 0 Å². The Morgan fingerprint density at radius 2 is 1.92 bits per heavy atom. The molecule has 3 aromatic rings. The first-order valence-electron chi connectivity index (χ1n) is 8.23. The molecule has 1 heterocycles. The van der Waals surface area contributed by atoms with Crippen LogP contribution in [0.3, 0.4) is 0 Å². The van der Waals surface area contributed by atoms with E-state index in [0.717, 1.165) is 22.1 Å². The van der Waals surface area contributed by atoms with Crippen LogP contribution in [0.1, 0.15) is 19.4 Å². The van der Waals surface area contributed by atoms with E-state index in [1.165, 1.54) is 0 Å². The molecular formula is C20H21N3O3. The predicted molar refractivity (Wildman–Crippen MR) is 103 cm³/mol. The first kappa shape index (κ1) is 17.5. The monoisotopic (exact) mass is 351 g/mol. The molecule has 0 aliphatic heterocycles. The van der Waals surface area contributed by atoms with Crippen molar-refractivity contribution in [2.75, 3.05) is 17.7 Å². The molecule has 0 spiro atoms. The Hall–Kier alpha value is -3.28. The van der Waals surface area contributed by atoms with Gasteiger partial charge in [-0.15, -0.1) is 0 Å². The summed E-state index contributed by atoms with van der Waals surface area (Å²) in [5.74, 6) is 1.06. The molecule has 1 aromatic heterocycles. The van der Waals surface area contributed by atoms with Crippen molar-refractivity contribution in [2.24, 2.45) is 0 Å². The van der Waals surface area contributed by atoms with Crippen LogP contribution in [0.2, 0.25) is 0 Å². The number of carboxylic acid groups (broad SMARTS) is 1. The van der Waals surface area contributed by atoms with Crippen LogP contribution in [-0.2, 0) is 5.41 Å². The summed E-state index contributed by atoms with van der Waals surface area (Å²) in [6.07, 6.45) is 0.443. The van der Waals surface area contributed by atoms with E-state index in [1.54, 1.807) is 12.3 Å². The molecule has 3 rings (SSSR count). The zero-order chi connectivity index (χ0) is 18.7. The van der Waals surface area contributed by atoms with E-state index in [1.807, 2.05) is 56.3 Å². The fourth-order valence-electron chi connectivity index (χ4n) is 2.79. The summed E-state index contributed by atoms with van der Waals surface area (Å²) in [6.45, 7) is 4.48. The van der Waals surface area contributed by atoms with E-state index < -0.39 is 6.09 Å². The van der Waals surface area contributed by atoms with Crippen molar-refractivity contribution in [2.45, 2.75) is 19.3 Å². The molecule has 0 aliphatic rings. The maximum Gasteiger partial charge on any atom is 0.410 e. The molecule has 6 heteroatoms.